The topological polar surface area (TPSA) is 401 Å². The third-order valence-electron chi connectivity index (χ3n) is 15.3. The van der Waals surface area contributed by atoms with Gasteiger partial charge in [-0.3, -0.25) is 52.7 Å². The molecule has 474 valence electrons. The van der Waals surface area contributed by atoms with Crippen molar-refractivity contribution in [2.45, 2.75) is 120 Å². The molecule has 10 amide bonds. The Hall–Kier alpha value is -9.92. The number of pyridine rings is 1. The number of likely N-dealkylation sites (N-methyl/N-ethyl adjacent to an activating group) is 1. The molecule has 89 heavy (non-hydrogen) atoms. The van der Waals surface area contributed by atoms with E-state index in [-0.39, 0.29) is 70.5 Å². The average Bonchev–Trinajstić information content (AvgIpc) is 2.51. The van der Waals surface area contributed by atoms with Gasteiger partial charge in [0.1, 0.15) is 60.5 Å². The van der Waals surface area contributed by atoms with E-state index in [0.29, 0.717) is 40.8 Å². The lowest BCUT2D eigenvalue weighted by molar-refractivity contribution is -0.146. The summed E-state index contributed by atoms with van der Waals surface area (Å²) < 4.78 is 5.67. The van der Waals surface area contributed by atoms with Crippen LogP contribution in [0.5, 0.6) is 5.75 Å². The summed E-state index contributed by atoms with van der Waals surface area (Å²) in [5.74, 6) is -9.26. The lowest BCUT2D eigenvalue weighted by atomic mass is 10.00. The molecule has 2 saturated heterocycles. The first-order valence-corrected chi connectivity index (χ1v) is 29.6. The van der Waals surface area contributed by atoms with Crippen LogP contribution in [0.15, 0.2) is 103 Å². The molecule has 0 radical (unpaired) electrons. The van der Waals surface area contributed by atoms with E-state index in [1.165, 1.54) is 25.4 Å². The van der Waals surface area contributed by atoms with Gasteiger partial charge in [-0.05, 0) is 65.8 Å². The number of hydrogen-bond acceptors (Lipinski definition) is 15. The molecule has 2 aromatic heterocycles. The van der Waals surface area contributed by atoms with Crippen molar-refractivity contribution < 1.29 is 62.6 Å². The van der Waals surface area contributed by atoms with E-state index < -0.39 is 133 Å². The summed E-state index contributed by atoms with van der Waals surface area (Å²) in [6.45, 7) is 0.329. The number of fused-ring (bicyclic) bond motifs is 2. The fourth-order valence-electron chi connectivity index (χ4n) is 10.5. The Morgan fingerprint density at radius 3 is 1.97 bits per heavy atom. The van der Waals surface area contributed by atoms with E-state index in [4.69, 9.17) is 16.2 Å². The fourth-order valence-corrected chi connectivity index (χ4v) is 10.5. The second-order valence-corrected chi connectivity index (χ2v) is 21.9. The minimum Gasteiger partial charge on any atom is -0.492 e. The molecule has 5 aromatic rings. The Kier molecular flexibility index (Phi) is 24.5. The molecular formula is C62H78N14O13. The molecule has 14 N–H and O–H groups in total. The van der Waals surface area contributed by atoms with Gasteiger partial charge in [0.05, 0.1) is 26.1 Å². The number of anilines is 1. The Morgan fingerprint density at radius 1 is 0.640 bits per heavy atom. The minimum absolute atomic E-state index is 0.0323. The van der Waals surface area contributed by atoms with E-state index in [1.807, 2.05) is 25.1 Å². The standard InChI is InChI=1S/C62H78N14O13/c1-3-4-6-16-44-57(83)72-47(30-40-33-65-43-15-10-9-14-42(40)43)56(82)68-35-53(78)70-45(28-39-20-23-51(64)66-32-39)58(84)74-48(31-55(80)81)62(88)76-25-11-17-49(76)60(86)69-34-52(77)67-36-54(79)75(2)50(29-37-12-7-5-8-13-37)61(87)73-46(59(85)71-44)27-38-18-21-41(22-19-38)89-26-24-63/h5,7-10,12-15,18-23,32-33,44-50,65H,3-4,6,11,16-17,24-31,34-36,63H2,1-2H3,(H2,64,66)(H,67,77)(H,68,82)(H,69,86)(H,70,78)(H,71,85)(H,72,83)(H,73,87)(H,74,84)(H,80,81)/t44-,45-,46-,47-,48-,49+,50-/m0/s1. The minimum atomic E-state index is -1.77. The highest BCUT2D eigenvalue weighted by molar-refractivity contribution is 5.99. The number of nitrogens with one attached hydrogen (secondary N) is 9. The highest BCUT2D eigenvalue weighted by atomic mass is 16.5. The summed E-state index contributed by atoms with van der Waals surface area (Å²) in [5.41, 5.74) is 14.4. The predicted molar refractivity (Wildman–Crippen MR) is 326 cm³/mol. The lowest BCUT2D eigenvalue weighted by Gasteiger charge is -2.30. The number of unbranched alkanes of at least 4 members (excludes halogenated alkanes) is 2. The van der Waals surface area contributed by atoms with Gasteiger partial charge in [0.25, 0.3) is 0 Å². The first-order chi connectivity index (χ1) is 42.8. The molecule has 3 aromatic carbocycles. The summed E-state index contributed by atoms with van der Waals surface area (Å²) in [4.78, 5) is 165. The van der Waals surface area contributed by atoms with E-state index in [9.17, 15) is 57.8 Å². The van der Waals surface area contributed by atoms with Crippen molar-refractivity contribution in [3.05, 3.63) is 126 Å². The third kappa shape index (κ3) is 19.5. The molecule has 2 aliphatic rings. The van der Waals surface area contributed by atoms with Crippen LogP contribution in [-0.2, 0) is 78.4 Å². The summed E-state index contributed by atoms with van der Waals surface area (Å²) in [7, 11) is 1.36. The number of aromatic amines is 1. The molecule has 0 saturated carbocycles. The monoisotopic (exact) mass is 1230 g/mol. The molecule has 27 nitrogen and oxygen atoms in total. The molecule has 7 atom stereocenters. The summed E-state index contributed by atoms with van der Waals surface area (Å²) >= 11 is 0. The van der Waals surface area contributed by atoms with Gasteiger partial charge in [-0.25, -0.2) is 4.98 Å². The van der Waals surface area contributed by atoms with Crippen molar-refractivity contribution >= 4 is 81.8 Å². The van der Waals surface area contributed by atoms with Crippen molar-refractivity contribution in [2.24, 2.45) is 5.73 Å². The van der Waals surface area contributed by atoms with Gasteiger partial charge < -0.3 is 78.6 Å². The Morgan fingerprint density at radius 2 is 1.26 bits per heavy atom. The lowest BCUT2D eigenvalue weighted by Crippen LogP contribution is -2.60. The van der Waals surface area contributed by atoms with Gasteiger partial charge >= 0.3 is 5.97 Å². The number of amides is 10. The number of H-pyrrole nitrogens is 1. The molecule has 0 bridgehead atoms. The Bertz CT molecular complexity index is 3310. The van der Waals surface area contributed by atoms with Crippen LogP contribution in [0.2, 0.25) is 0 Å². The van der Waals surface area contributed by atoms with Crippen LogP contribution in [0.1, 0.15) is 74.1 Å². The molecule has 0 aliphatic carbocycles. The number of nitrogen functional groups attached to an aromatic ring is 1. The number of carbonyl (C=O) groups is 11. The molecule has 0 spiro atoms. The molecule has 2 aliphatic heterocycles. The van der Waals surface area contributed by atoms with Gasteiger partial charge in [-0.2, -0.15) is 0 Å². The zero-order chi connectivity index (χ0) is 64.0. The molecule has 2 fully saturated rings. The number of carboxylic acids is 1. The second kappa shape index (κ2) is 32.7. The van der Waals surface area contributed by atoms with Crippen LogP contribution in [0.3, 0.4) is 0 Å². The van der Waals surface area contributed by atoms with Gasteiger partial charge in [0.2, 0.25) is 59.1 Å². The Labute approximate surface area is 513 Å². The number of aromatic nitrogens is 2. The second-order valence-electron chi connectivity index (χ2n) is 21.9. The SMILES string of the molecule is CCCCC[C@@H]1NC(=O)[C@H](Cc2ccc(OCCN)cc2)NC(=O)[C@H](Cc2ccccc2)N(C)C(=O)CNC(=O)CNC(=O)[C@H]2CCCN2C(=O)[C@H](CC(=O)O)NC(=O)[C@H](Cc2ccc(N)nc2)NC(=O)CNC(=O)[C@H](Cc2c[nH]c3ccccc23)NC1=O. The average molecular weight is 1230 g/mol. The largest absolute Gasteiger partial charge is 0.492 e. The van der Waals surface area contributed by atoms with Gasteiger partial charge in [-0.15, -0.1) is 0 Å². The zero-order valence-corrected chi connectivity index (χ0v) is 49.7. The molecular weight excluding hydrogens is 1150 g/mol. The predicted octanol–water partition coefficient (Wildman–Crippen LogP) is -0.588. The van der Waals surface area contributed by atoms with Crippen molar-refractivity contribution in [2.75, 3.05) is 52.1 Å². The van der Waals surface area contributed by atoms with E-state index in [0.717, 1.165) is 27.1 Å². The normalized spacial score (nSPS) is 21.9. The number of benzene rings is 3. The van der Waals surface area contributed by atoms with Crippen molar-refractivity contribution in [1.29, 1.82) is 0 Å². The van der Waals surface area contributed by atoms with Crippen molar-refractivity contribution in [3.8, 4) is 5.75 Å². The van der Waals surface area contributed by atoms with Crippen LogP contribution >= 0.6 is 0 Å². The molecule has 4 heterocycles. The van der Waals surface area contributed by atoms with Crippen LogP contribution in [-0.4, -0.2) is 179 Å². The van der Waals surface area contributed by atoms with Gasteiger partial charge in [-0.1, -0.05) is 92.9 Å². The number of para-hydroxylation sites is 1. The number of hydrogen-bond donors (Lipinski definition) is 12. The number of ether oxygens (including phenoxy) is 1. The highest BCUT2D eigenvalue weighted by Gasteiger charge is 2.40. The Balaban J connectivity index is 1.25. The van der Waals surface area contributed by atoms with Crippen LogP contribution < -0.4 is 58.7 Å². The number of aliphatic carboxylic acids is 1. The molecule has 27 heteroatoms. The van der Waals surface area contributed by atoms with Gasteiger partial charge in [0, 0.05) is 69.1 Å². The van der Waals surface area contributed by atoms with E-state index in [2.05, 4.69) is 52.5 Å². The van der Waals surface area contributed by atoms with E-state index in [1.54, 1.807) is 66.9 Å². The number of rotatable bonds is 17. The molecule has 0 unspecified atom stereocenters. The number of nitrogens with two attached hydrogens (primary N) is 2. The van der Waals surface area contributed by atoms with Crippen LogP contribution in [0.4, 0.5) is 5.82 Å². The van der Waals surface area contributed by atoms with Crippen molar-refractivity contribution in [3.63, 3.8) is 0 Å². The number of carboxylic acid groups (broad SMARTS) is 1. The quantitative estimate of drug-likeness (QED) is 0.0518. The first-order valence-electron chi connectivity index (χ1n) is 29.6. The fraction of sp³-hybridized carbons (Fsp3) is 0.419. The smallest absolute Gasteiger partial charge is 0.305 e. The summed E-state index contributed by atoms with van der Waals surface area (Å²) in [5, 5.41) is 31.7. The maximum atomic E-state index is 15.0. The molecule has 7 rings (SSSR count). The van der Waals surface area contributed by atoms with E-state index >= 15 is 0 Å². The summed E-state index contributed by atoms with van der Waals surface area (Å²) in [6.07, 6.45) is 3.77. The summed E-state index contributed by atoms with van der Waals surface area (Å²) in [6, 6.07) is 15.8. The number of carbonyl (C=O) groups excluding carboxylic acids is 10. The zero-order valence-electron chi connectivity index (χ0n) is 49.7. The van der Waals surface area contributed by atoms with Crippen molar-refractivity contribution in [1.82, 2.24) is 62.3 Å². The first kappa shape index (κ1) is 66.6. The number of nitrogens with zero attached hydrogens (tertiary/aromatic N) is 3. The highest BCUT2D eigenvalue weighted by Crippen LogP contribution is 2.22. The maximum Gasteiger partial charge on any atom is 0.305 e. The van der Waals surface area contributed by atoms with Crippen LogP contribution in [0.25, 0.3) is 10.9 Å². The maximum absolute atomic E-state index is 15.0. The van der Waals surface area contributed by atoms with Crippen LogP contribution in [0, 0.1) is 0 Å². The third-order valence-corrected chi connectivity index (χ3v) is 15.3. The van der Waals surface area contributed by atoms with Gasteiger partial charge in [0.15, 0.2) is 0 Å².